The van der Waals surface area contributed by atoms with Gasteiger partial charge in [0.25, 0.3) is 0 Å². The normalized spacial score (nSPS) is 10.9. The van der Waals surface area contributed by atoms with Crippen molar-refractivity contribution < 1.29 is 4.79 Å². The van der Waals surface area contributed by atoms with Gasteiger partial charge in [0.05, 0.1) is 16.3 Å². The Morgan fingerprint density at radius 3 is 2.71 bits per heavy atom. The summed E-state index contributed by atoms with van der Waals surface area (Å²) in [5.41, 5.74) is 8.66. The minimum Gasteiger partial charge on any atom is -0.383 e. The van der Waals surface area contributed by atoms with Gasteiger partial charge in [-0.3, -0.25) is 4.79 Å². The van der Waals surface area contributed by atoms with Crippen LogP contribution < -0.4 is 11.1 Å². The monoisotopic (exact) mass is 494 g/mol. The SMILES string of the molecule is CCC(=O)c1nc2cc(-c3ccc(Cl)cc3Cl)nc(NCCCc3ccc(C#N)c(N)n3)n2n1. The lowest BCUT2D eigenvalue weighted by Crippen LogP contribution is -2.11. The summed E-state index contributed by atoms with van der Waals surface area (Å²) in [6.45, 7) is 2.30. The van der Waals surface area contributed by atoms with Gasteiger partial charge in [0, 0.05) is 35.3 Å². The van der Waals surface area contributed by atoms with Crippen molar-refractivity contribution in [2.45, 2.75) is 26.2 Å². The number of nitrogens with two attached hydrogens (primary N) is 1. The van der Waals surface area contributed by atoms with E-state index in [0.29, 0.717) is 64.3 Å². The van der Waals surface area contributed by atoms with Crippen LogP contribution in [0.2, 0.25) is 10.0 Å². The molecule has 0 saturated carbocycles. The topological polar surface area (TPSA) is 135 Å². The smallest absolute Gasteiger partial charge is 0.226 e. The van der Waals surface area contributed by atoms with Crippen molar-refractivity contribution in [3.8, 4) is 17.3 Å². The number of fused-ring (bicyclic) bond motifs is 1. The van der Waals surface area contributed by atoms with Crippen LogP contribution in [0, 0.1) is 11.3 Å². The van der Waals surface area contributed by atoms with E-state index in [1.165, 1.54) is 4.52 Å². The predicted molar refractivity (Wildman–Crippen MR) is 131 cm³/mol. The molecule has 0 spiro atoms. The van der Waals surface area contributed by atoms with E-state index in [2.05, 4.69) is 25.4 Å². The molecule has 0 unspecified atom stereocenters. The molecular formula is C23H20Cl2N8O. The summed E-state index contributed by atoms with van der Waals surface area (Å²) in [4.78, 5) is 25.5. The molecule has 0 bridgehead atoms. The van der Waals surface area contributed by atoms with Crippen molar-refractivity contribution in [1.82, 2.24) is 24.6 Å². The van der Waals surface area contributed by atoms with Crippen molar-refractivity contribution in [2.75, 3.05) is 17.6 Å². The lowest BCUT2D eigenvalue weighted by Gasteiger charge is -2.10. The number of hydrogen-bond donors (Lipinski definition) is 2. The number of pyridine rings is 1. The van der Waals surface area contributed by atoms with Crippen LogP contribution in [-0.4, -0.2) is 36.9 Å². The lowest BCUT2D eigenvalue weighted by molar-refractivity contribution is 0.0978. The molecule has 172 valence electrons. The fourth-order valence-corrected chi connectivity index (χ4v) is 3.84. The summed E-state index contributed by atoms with van der Waals surface area (Å²) in [5.74, 6) is 0.613. The number of Topliss-reactive ketones (excluding diaryl/α,β-unsaturated/α-hetero) is 1. The Labute approximate surface area is 205 Å². The second-order valence-electron chi connectivity index (χ2n) is 7.45. The molecule has 0 aliphatic carbocycles. The highest BCUT2D eigenvalue weighted by molar-refractivity contribution is 6.36. The molecule has 0 atom stereocenters. The van der Waals surface area contributed by atoms with Gasteiger partial charge in [-0.05, 0) is 43.2 Å². The van der Waals surface area contributed by atoms with Gasteiger partial charge in [-0.15, -0.1) is 5.10 Å². The van der Waals surface area contributed by atoms with Crippen LogP contribution in [0.25, 0.3) is 16.9 Å². The fraction of sp³-hybridized carbons (Fsp3) is 0.217. The number of benzene rings is 1. The zero-order valence-electron chi connectivity index (χ0n) is 18.2. The number of nitrogens with zero attached hydrogens (tertiary/aromatic N) is 6. The van der Waals surface area contributed by atoms with E-state index in [-0.39, 0.29) is 17.4 Å². The summed E-state index contributed by atoms with van der Waals surface area (Å²) in [6, 6.07) is 12.3. The van der Waals surface area contributed by atoms with Crippen molar-refractivity contribution in [2.24, 2.45) is 0 Å². The van der Waals surface area contributed by atoms with Crippen LogP contribution in [0.15, 0.2) is 36.4 Å². The summed E-state index contributed by atoms with van der Waals surface area (Å²) in [7, 11) is 0. The first kappa shape index (κ1) is 23.4. The van der Waals surface area contributed by atoms with Crippen LogP contribution in [0.1, 0.15) is 41.6 Å². The molecule has 34 heavy (non-hydrogen) atoms. The number of nitrogen functional groups attached to an aromatic ring is 1. The Bertz CT molecular complexity index is 1430. The minimum absolute atomic E-state index is 0.129. The van der Waals surface area contributed by atoms with E-state index in [1.807, 2.05) is 6.07 Å². The quantitative estimate of drug-likeness (QED) is 0.268. The van der Waals surface area contributed by atoms with Crippen LogP contribution in [0.5, 0.6) is 0 Å². The van der Waals surface area contributed by atoms with Gasteiger partial charge in [-0.1, -0.05) is 30.1 Å². The Hall–Kier alpha value is -3.74. The Kier molecular flexibility index (Phi) is 6.91. The maximum atomic E-state index is 12.2. The van der Waals surface area contributed by atoms with Gasteiger partial charge in [0.1, 0.15) is 11.9 Å². The number of rotatable bonds is 8. The molecule has 9 nitrogen and oxygen atoms in total. The molecule has 0 amide bonds. The van der Waals surface area contributed by atoms with Gasteiger partial charge >= 0.3 is 0 Å². The third kappa shape index (κ3) is 4.93. The number of halogens is 2. The number of nitriles is 1. The molecule has 3 aromatic heterocycles. The van der Waals surface area contributed by atoms with Crippen LogP contribution in [-0.2, 0) is 6.42 Å². The number of carbonyl (C=O) groups is 1. The zero-order valence-corrected chi connectivity index (χ0v) is 19.7. The second kappa shape index (κ2) is 10.0. The summed E-state index contributed by atoms with van der Waals surface area (Å²) < 4.78 is 1.51. The largest absolute Gasteiger partial charge is 0.383 e. The Morgan fingerprint density at radius 1 is 1.18 bits per heavy atom. The molecule has 4 rings (SSSR count). The zero-order chi connectivity index (χ0) is 24.2. The lowest BCUT2D eigenvalue weighted by atomic mass is 10.1. The third-order valence-electron chi connectivity index (χ3n) is 5.10. The number of anilines is 2. The Balaban J connectivity index is 1.60. The molecule has 11 heteroatoms. The van der Waals surface area contributed by atoms with Gasteiger partial charge in [-0.25, -0.2) is 15.0 Å². The molecule has 0 radical (unpaired) electrons. The second-order valence-corrected chi connectivity index (χ2v) is 8.29. The highest BCUT2D eigenvalue weighted by atomic mass is 35.5. The average molecular weight is 495 g/mol. The number of aromatic nitrogens is 5. The predicted octanol–water partition coefficient (Wildman–Crippen LogP) is 4.58. The van der Waals surface area contributed by atoms with Crippen LogP contribution in [0.4, 0.5) is 11.8 Å². The fourth-order valence-electron chi connectivity index (χ4n) is 3.34. The Morgan fingerprint density at radius 2 is 2.00 bits per heavy atom. The summed E-state index contributed by atoms with van der Waals surface area (Å²) in [5, 5.41) is 17.6. The maximum absolute atomic E-state index is 12.2. The summed E-state index contributed by atoms with van der Waals surface area (Å²) >= 11 is 12.4. The van der Waals surface area contributed by atoms with Crippen LogP contribution >= 0.6 is 23.2 Å². The molecular weight excluding hydrogens is 475 g/mol. The van der Waals surface area contributed by atoms with E-state index in [4.69, 9.17) is 34.2 Å². The summed E-state index contributed by atoms with van der Waals surface area (Å²) in [6.07, 6.45) is 1.65. The van der Waals surface area contributed by atoms with Gasteiger partial charge < -0.3 is 11.1 Å². The number of ketones is 1. The average Bonchev–Trinajstić information content (AvgIpc) is 3.26. The van der Waals surface area contributed by atoms with Crippen molar-refractivity contribution >= 4 is 46.4 Å². The molecule has 1 aromatic carbocycles. The number of hydrogen-bond acceptors (Lipinski definition) is 8. The third-order valence-corrected chi connectivity index (χ3v) is 5.65. The van der Waals surface area contributed by atoms with Crippen molar-refractivity contribution in [3.63, 3.8) is 0 Å². The molecule has 0 saturated heterocycles. The first-order chi connectivity index (χ1) is 16.4. The van der Waals surface area contributed by atoms with E-state index in [1.54, 1.807) is 43.3 Å². The molecule has 0 aliphatic heterocycles. The van der Waals surface area contributed by atoms with Gasteiger partial charge in [-0.2, -0.15) is 9.78 Å². The highest BCUT2D eigenvalue weighted by Gasteiger charge is 2.17. The van der Waals surface area contributed by atoms with E-state index >= 15 is 0 Å². The van der Waals surface area contributed by atoms with Crippen molar-refractivity contribution in [3.05, 3.63) is 63.5 Å². The molecule has 4 aromatic rings. The first-order valence-corrected chi connectivity index (χ1v) is 11.3. The maximum Gasteiger partial charge on any atom is 0.226 e. The number of nitrogens with one attached hydrogen (secondary N) is 1. The number of carbonyl (C=O) groups excluding carboxylic acids is 1. The van der Waals surface area contributed by atoms with Gasteiger partial charge in [0.15, 0.2) is 5.65 Å². The van der Waals surface area contributed by atoms with Crippen molar-refractivity contribution in [1.29, 1.82) is 5.26 Å². The number of aryl methyl sites for hydroxylation is 1. The van der Waals surface area contributed by atoms with E-state index in [0.717, 1.165) is 5.69 Å². The molecule has 0 aliphatic rings. The highest BCUT2D eigenvalue weighted by Crippen LogP contribution is 2.30. The standard InChI is InChI=1S/C23H20Cl2N8O/c1-2-19(34)22-31-20-11-18(16-8-6-14(24)10-17(16)25)30-23(33(20)32-22)28-9-3-4-15-7-5-13(12-26)21(27)29-15/h5-8,10-11H,2-4,9H2,1H3,(H2,27,29)(H,28,30). The van der Waals surface area contributed by atoms with E-state index in [9.17, 15) is 4.79 Å². The van der Waals surface area contributed by atoms with Gasteiger partial charge in [0.2, 0.25) is 17.6 Å². The molecule has 3 N–H and O–H groups in total. The van der Waals surface area contributed by atoms with Crippen LogP contribution in [0.3, 0.4) is 0 Å². The van der Waals surface area contributed by atoms with E-state index < -0.39 is 0 Å². The minimum atomic E-state index is -0.162. The first-order valence-electron chi connectivity index (χ1n) is 10.6. The molecule has 3 heterocycles. The molecule has 0 fully saturated rings.